The number of hydrogen-bond donors (Lipinski definition) is 0. The van der Waals surface area contributed by atoms with E-state index in [0.717, 1.165) is 25.0 Å². The first-order valence-corrected chi connectivity index (χ1v) is 5.21. The fraction of sp³-hybridized carbons (Fsp3) is 0.636. The van der Waals surface area contributed by atoms with Gasteiger partial charge in [-0.25, -0.2) is 9.59 Å². The molecule has 0 spiro atoms. The van der Waals surface area contributed by atoms with Crippen molar-refractivity contribution in [1.29, 1.82) is 0 Å². The van der Waals surface area contributed by atoms with Crippen molar-refractivity contribution < 1.29 is 23.8 Å². The third kappa shape index (κ3) is 9.21. The maximum Gasteiger partial charge on any atom is 0.331 e. The van der Waals surface area contributed by atoms with Crippen LogP contribution in [0.5, 0.6) is 0 Å². The summed E-state index contributed by atoms with van der Waals surface area (Å²) in [5.74, 6) is -1.17. The highest BCUT2D eigenvalue weighted by Gasteiger charge is 1.98. The molecule has 0 aromatic rings. The van der Waals surface area contributed by atoms with E-state index in [1.54, 1.807) is 0 Å². The molecule has 0 bridgehead atoms. The molecule has 0 saturated heterocycles. The van der Waals surface area contributed by atoms with Gasteiger partial charge < -0.3 is 14.2 Å². The molecule has 0 aliphatic carbocycles. The second kappa shape index (κ2) is 10.2. The van der Waals surface area contributed by atoms with Gasteiger partial charge >= 0.3 is 11.9 Å². The highest BCUT2D eigenvalue weighted by molar-refractivity contribution is 5.91. The lowest BCUT2D eigenvalue weighted by Gasteiger charge is -2.03. The minimum Gasteiger partial charge on any atom is -0.466 e. The molecule has 0 fully saturated rings. The van der Waals surface area contributed by atoms with E-state index in [-0.39, 0.29) is 6.61 Å². The molecule has 0 aromatic heterocycles. The standard InChI is InChI=1S/C11H18O5/c1-3-4-7-15-8-9-16-11(13)6-5-10(12)14-2/h5-6H,3-4,7-9H2,1-2H3/b6-5-. The van der Waals surface area contributed by atoms with Gasteiger partial charge in [-0.2, -0.15) is 0 Å². The molecule has 0 atom stereocenters. The van der Waals surface area contributed by atoms with Crippen LogP contribution < -0.4 is 0 Å². The van der Waals surface area contributed by atoms with E-state index >= 15 is 0 Å². The second-order valence-corrected chi connectivity index (χ2v) is 2.99. The van der Waals surface area contributed by atoms with Gasteiger partial charge in [0.05, 0.1) is 13.7 Å². The van der Waals surface area contributed by atoms with Crippen molar-refractivity contribution in [3.8, 4) is 0 Å². The highest BCUT2D eigenvalue weighted by Crippen LogP contribution is 1.89. The Morgan fingerprint density at radius 2 is 1.75 bits per heavy atom. The quantitative estimate of drug-likeness (QED) is 0.354. The van der Waals surface area contributed by atoms with E-state index < -0.39 is 11.9 Å². The second-order valence-electron chi connectivity index (χ2n) is 2.99. The molecule has 0 rings (SSSR count). The molecule has 0 amide bonds. The Morgan fingerprint density at radius 3 is 2.38 bits per heavy atom. The molecule has 0 unspecified atom stereocenters. The normalized spacial score (nSPS) is 10.4. The van der Waals surface area contributed by atoms with Gasteiger partial charge in [0.1, 0.15) is 6.61 Å². The first kappa shape index (κ1) is 14.6. The average molecular weight is 230 g/mol. The molecule has 0 radical (unpaired) electrons. The van der Waals surface area contributed by atoms with E-state index in [2.05, 4.69) is 11.7 Å². The van der Waals surface area contributed by atoms with Crippen LogP contribution in [0.4, 0.5) is 0 Å². The van der Waals surface area contributed by atoms with Crippen LogP contribution in [0.3, 0.4) is 0 Å². The summed E-state index contributed by atoms with van der Waals surface area (Å²) in [6.07, 6.45) is 4.11. The topological polar surface area (TPSA) is 61.8 Å². The lowest BCUT2D eigenvalue weighted by molar-refractivity contribution is -0.140. The predicted octanol–water partition coefficient (Wildman–Crippen LogP) is 1.08. The Morgan fingerprint density at radius 1 is 1.06 bits per heavy atom. The van der Waals surface area contributed by atoms with Gasteiger partial charge in [0, 0.05) is 18.8 Å². The number of unbranched alkanes of at least 4 members (excludes halogenated alkanes) is 1. The van der Waals surface area contributed by atoms with Gasteiger partial charge in [0.25, 0.3) is 0 Å². The van der Waals surface area contributed by atoms with Crippen molar-refractivity contribution in [2.24, 2.45) is 0 Å². The Balaban J connectivity index is 3.44. The van der Waals surface area contributed by atoms with Gasteiger partial charge in [0.2, 0.25) is 0 Å². The van der Waals surface area contributed by atoms with Crippen LogP contribution in [0.25, 0.3) is 0 Å². The number of ether oxygens (including phenoxy) is 3. The lowest BCUT2D eigenvalue weighted by atomic mass is 10.4. The van der Waals surface area contributed by atoms with Crippen molar-refractivity contribution in [2.75, 3.05) is 26.9 Å². The summed E-state index contributed by atoms with van der Waals surface area (Å²) in [6.45, 7) is 3.30. The average Bonchev–Trinajstić information content (AvgIpc) is 2.30. The van der Waals surface area contributed by atoms with Crippen LogP contribution in [0.1, 0.15) is 19.8 Å². The van der Waals surface area contributed by atoms with Crippen molar-refractivity contribution in [3.63, 3.8) is 0 Å². The molecule has 0 aliphatic heterocycles. The molecule has 5 heteroatoms. The molecule has 0 heterocycles. The van der Waals surface area contributed by atoms with E-state index in [0.29, 0.717) is 13.2 Å². The third-order valence-corrected chi connectivity index (χ3v) is 1.67. The molecule has 5 nitrogen and oxygen atoms in total. The summed E-state index contributed by atoms with van der Waals surface area (Å²) in [6, 6.07) is 0. The number of esters is 2. The zero-order valence-electron chi connectivity index (χ0n) is 9.73. The first-order valence-electron chi connectivity index (χ1n) is 5.21. The molecule has 92 valence electrons. The van der Waals surface area contributed by atoms with Gasteiger partial charge in [-0.15, -0.1) is 0 Å². The summed E-state index contributed by atoms with van der Waals surface area (Å²) in [4.78, 5) is 21.6. The third-order valence-electron chi connectivity index (χ3n) is 1.67. The fourth-order valence-corrected chi connectivity index (χ4v) is 0.802. The maximum absolute atomic E-state index is 11.0. The number of carbonyl (C=O) groups excluding carboxylic acids is 2. The predicted molar refractivity (Wildman–Crippen MR) is 57.8 cm³/mol. The van der Waals surface area contributed by atoms with Crippen molar-refractivity contribution >= 4 is 11.9 Å². The molecule has 0 N–H and O–H groups in total. The van der Waals surface area contributed by atoms with E-state index in [1.807, 2.05) is 0 Å². The molecular formula is C11H18O5. The van der Waals surface area contributed by atoms with E-state index in [4.69, 9.17) is 9.47 Å². The zero-order valence-corrected chi connectivity index (χ0v) is 9.73. The Bertz CT molecular complexity index is 235. The first-order chi connectivity index (χ1) is 7.70. The maximum atomic E-state index is 11.0. The summed E-state index contributed by atoms with van der Waals surface area (Å²) < 4.78 is 14.2. The number of rotatable bonds is 8. The van der Waals surface area contributed by atoms with Gasteiger partial charge in [-0.05, 0) is 6.42 Å². The SMILES string of the molecule is CCCCOCCOC(=O)/C=C\C(=O)OC. The Hall–Kier alpha value is -1.36. The Kier molecular flexibility index (Phi) is 9.30. The van der Waals surface area contributed by atoms with Crippen molar-refractivity contribution in [2.45, 2.75) is 19.8 Å². The van der Waals surface area contributed by atoms with E-state index in [9.17, 15) is 9.59 Å². The summed E-state index contributed by atoms with van der Waals surface area (Å²) >= 11 is 0. The number of hydrogen-bond acceptors (Lipinski definition) is 5. The van der Waals surface area contributed by atoms with E-state index in [1.165, 1.54) is 7.11 Å². The van der Waals surface area contributed by atoms with Crippen molar-refractivity contribution in [3.05, 3.63) is 12.2 Å². The smallest absolute Gasteiger partial charge is 0.331 e. The zero-order chi connectivity index (χ0) is 12.2. The molecule has 16 heavy (non-hydrogen) atoms. The molecule has 0 aromatic carbocycles. The molecule has 0 aliphatic rings. The summed E-state index contributed by atoms with van der Waals surface area (Å²) in [7, 11) is 1.24. The molecule has 0 saturated carbocycles. The van der Waals surface area contributed by atoms with Crippen LogP contribution in [0.15, 0.2) is 12.2 Å². The van der Waals surface area contributed by atoms with Crippen molar-refractivity contribution in [1.82, 2.24) is 0 Å². The van der Waals surface area contributed by atoms with Crippen LogP contribution in [-0.4, -0.2) is 38.9 Å². The van der Waals surface area contributed by atoms with Gasteiger partial charge in [-0.3, -0.25) is 0 Å². The largest absolute Gasteiger partial charge is 0.466 e. The van der Waals surface area contributed by atoms with Crippen LogP contribution in [0, 0.1) is 0 Å². The van der Waals surface area contributed by atoms with Crippen LogP contribution in [-0.2, 0) is 23.8 Å². The minimum atomic E-state index is -0.587. The van der Waals surface area contributed by atoms with Crippen LogP contribution >= 0.6 is 0 Å². The van der Waals surface area contributed by atoms with Crippen LogP contribution in [0.2, 0.25) is 0 Å². The number of methoxy groups -OCH3 is 1. The minimum absolute atomic E-state index is 0.189. The lowest BCUT2D eigenvalue weighted by Crippen LogP contribution is -2.09. The Labute approximate surface area is 95.4 Å². The number of carbonyl (C=O) groups is 2. The summed E-state index contributed by atoms with van der Waals surface area (Å²) in [5.41, 5.74) is 0. The highest BCUT2D eigenvalue weighted by atomic mass is 16.6. The van der Waals surface area contributed by atoms with Gasteiger partial charge in [-0.1, -0.05) is 13.3 Å². The van der Waals surface area contributed by atoms with Gasteiger partial charge in [0.15, 0.2) is 0 Å². The fourth-order valence-electron chi connectivity index (χ4n) is 0.802. The molecular weight excluding hydrogens is 212 g/mol. The summed E-state index contributed by atoms with van der Waals surface area (Å²) in [5, 5.41) is 0. The monoisotopic (exact) mass is 230 g/mol.